The van der Waals surface area contributed by atoms with Crippen molar-refractivity contribution >= 4 is 31.3 Å². The van der Waals surface area contributed by atoms with Crippen LogP contribution in [0.1, 0.15) is 19.4 Å². The standard InChI is InChI=1S/C13H18NO6PS/c1-4-18-21(17,19-5-2)20-14-12(13(15)16)10-6-8-11(22-3)9-7-10/h6-9H,4-5H2,1-3H3,(H,15,16)/b14-12-. The predicted octanol–water partition coefficient (Wildman–Crippen LogP) is 3.39. The van der Waals surface area contributed by atoms with Gasteiger partial charge >= 0.3 is 13.8 Å². The van der Waals surface area contributed by atoms with Gasteiger partial charge in [-0.2, -0.15) is 0 Å². The molecule has 0 spiro atoms. The molecular weight excluding hydrogens is 329 g/mol. The minimum absolute atomic E-state index is 0.0810. The Morgan fingerprint density at radius 1 is 1.23 bits per heavy atom. The van der Waals surface area contributed by atoms with Gasteiger partial charge in [0, 0.05) is 10.5 Å². The van der Waals surface area contributed by atoms with Gasteiger partial charge < -0.3 is 5.11 Å². The summed E-state index contributed by atoms with van der Waals surface area (Å²) in [6, 6.07) is 6.69. The Hall–Kier alpha value is -1.34. The molecule has 0 aromatic heterocycles. The Bertz CT molecular complexity index is 564. The Balaban J connectivity index is 3.03. The Kier molecular flexibility index (Phi) is 7.61. The third-order valence-electron chi connectivity index (χ3n) is 2.37. The molecule has 0 atom stereocenters. The number of rotatable bonds is 9. The molecular formula is C13H18NO6PS. The molecule has 7 nitrogen and oxygen atoms in total. The molecule has 0 saturated carbocycles. The quantitative estimate of drug-likeness (QED) is 0.317. The highest BCUT2D eigenvalue weighted by molar-refractivity contribution is 7.98. The predicted molar refractivity (Wildman–Crippen MR) is 84.3 cm³/mol. The zero-order chi connectivity index (χ0) is 16.6. The van der Waals surface area contributed by atoms with Crippen molar-refractivity contribution in [3.8, 4) is 0 Å². The lowest BCUT2D eigenvalue weighted by molar-refractivity contribution is -0.129. The highest BCUT2D eigenvalue weighted by Gasteiger charge is 2.28. The van der Waals surface area contributed by atoms with Crippen molar-refractivity contribution in [3.63, 3.8) is 0 Å². The van der Waals surface area contributed by atoms with Crippen molar-refractivity contribution < 1.29 is 28.1 Å². The van der Waals surface area contributed by atoms with Gasteiger partial charge in [0.15, 0.2) is 5.71 Å². The summed E-state index contributed by atoms with van der Waals surface area (Å²) in [5, 5.41) is 12.7. The second-order valence-electron chi connectivity index (χ2n) is 3.84. The van der Waals surface area contributed by atoms with E-state index >= 15 is 0 Å². The third kappa shape index (κ3) is 5.46. The van der Waals surface area contributed by atoms with E-state index in [0.717, 1.165) is 4.90 Å². The molecule has 122 valence electrons. The molecule has 9 heteroatoms. The molecule has 1 rings (SSSR count). The van der Waals surface area contributed by atoms with Crippen LogP contribution < -0.4 is 0 Å². The molecule has 22 heavy (non-hydrogen) atoms. The first-order chi connectivity index (χ1) is 10.5. The zero-order valence-corrected chi connectivity index (χ0v) is 14.2. The van der Waals surface area contributed by atoms with Gasteiger partial charge in [-0.1, -0.05) is 17.3 Å². The summed E-state index contributed by atoms with van der Waals surface area (Å²) >= 11 is 1.53. The zero-order valence-electron chi connectivity index (χ0n) is 12.5. The van der Waals surface area contributed by atoms with Crippen LogP contribution >= 0.6 is 19.6 Å². The van der Waals surface area contributed by atoms with Gasteiger partial charge in [-0.3, -0.25) is 13.7 Å². The van der Waals surface area contributed by atoms with Crippen LogP contribution in [0.3, 0.4) is 0 Å². The first-order valence-electron chi connectivity index (χ1n) is 6.49. The molecule has 0 unspecified atom stereocenters. The van der Waals surface area contributed by atoms with Crippen LogP contribution in [0.25, 0.3) is 0 Å². The van der Waals surface area contributed by atoms with Gasteiger partial charge in [0.1, 0.15) is 0 Å². The number of aliphatic carboxylic acids is 1. The van der Waals surface area contributed by atoms with Gasteiger partial charge in [0.25, 0.3) is 0 Å². The molecule has 0 fully saturated rings. The first-order valence-corrected chi connectivity index (χ1v) is 9.17. The van der Waals surface area contributed by atoms with E-state index in [2.05, 4.69) is 5.16 Å². The Morgan fingerprint density at radius 2 is 1.77 bits per heavy atom. The van der Waals surface area contributed by atoms with E-state index in [4.69, 9.17) is 13.7 Å². The molecule has 0 amide bonds. The average Bonchev–Trinajstić information content (AvgIpc) is 2.48. The first kappa shape index (κ1) is 18.7. The summed E-state index contributed by atoms with van der Waals surface area (Å²) in [6.45, 7) is 3.38. The summed E-state index contributed by atoms with van der Waals surface area (Å²) in [4.78, 5) is 12.3. The topological polar surface area (TPSA) is 94.4 Å². The van der Waals surface area contributed by atoms with E-state index in [-0.39, 0.29) is 18.9 Å². The fourth-order valence-electron chi connectivity index (χ4n) is 1.46. The van der Waals surface area contributed by atoms with Crippen LogP contribution in [-0.2, 0) is 23.0 Å². The fraction of sp³-hybridized carbons (Fsp3) is 0.385. The van der Waals surface area contributed by atoms with Crippen LogP contribution in [0.15, 0.2) is 34.3 Å². The van der Waals surface area contributed by atoms with Crippen molar-refractivity contribution in [2.24, 2.45) is 5.16 Å². The molecule has 0 aliphatic rings. The minimum Gasteiger partial charge on any atom is -0.476 e. The molecule has 0 bridgehead atoms. The number of thioether (sulfide) groups is 1. The molecule has 1 aromatic rings. The summed E-state index contributed by atoms with van der Waals surface area (Å²) in [6.07, 6.45) is 1.91. The lowest BCUT2D eigenvalue weighted by Crippen LogP contribution is -2.15. The van der Waals surface area contributed by atoms with E-state index in [9.17, 15) is 14.5 Å². The number of carboxylic acids is 1. The number of carbonyl (C=O) groups is 1. The van der Waals surface area contributed by atoms with Crippen LogP contribution in [0.5, 0.6) is 0 Å². The average molecular weight is 347 g/mol. The van der Waals surface area contributed by atoms with Crippen molar-refractivity contribution in [1.29, 1.82) is 0 Å². The molecule has 0 radical (unpaired) electrons. The Labute approximate surface area is 133 Å². The molecule has 0 aliphatic heterocycles. The molecule has 0 heterocycles. The number of phosphoric acid groups is 1. The van der Waals surface area contributed by atoms with Crippen LogP contribution in [0.4, 0.5) is 0 Å². The van der Waals surface area contributed by atoms with Gasteiger partial charge in [-0.15, -0.1) is 11.8 Å². The lowest BCUT2D eigenvalue weighted by atomic mass is 10.1. The van der Waals surface area contributed by atoms with Crippen molar-refractivity contribution in [1.82, 2.24) is 0 Å². The number of benzene rings is 1. The van der Waals surface area contributed by atoms with E-state index in [1.165, 1.54) is 11.8 Å². The maximum atomic E-state index is 12.1. The maximum Gasteiger partial charge on any atom is 0.550 e. The van der Waals surface area contributed by atoms with E-state index in [1.807, 2.05) is 6.26 Å². The third-order valence-corrected chi connectivity index (χ3v) is 4.55. The number of phosphoric ester groups is 1. The largest absolute Gasteiger partial charge is 0.550 e. The summed E-state index contributed by atoms with van der Waals surface area (Å²) in [5.41, 5.74) is -0.0582. The normalized spacial score (nSPS) is 12.2. The highest BCUT2D eigenvalue weighted by Crippen LogP contribution is 2.49. The van der Waals surface area contributed by atoms with E-state index < -0.39 is 13.8 Å². The summed E-state index contributed by atoms with van der Waals surface area (Å²) in [5.74, 6) is -1.31. The van der Waals surface area contributed by atoms with Crippen LogP contribution in [0, 0.1) is 0 Å². The Morgan fingerprint density at radius 3 is 2.18 bits per heavy atom. The lowest BCUT2D eigenvalue weighted by Gasteiger charge is -2.13. The molecule has 0 saturated heterocycles. The monoisotopic (exact) mass is 347 g/mol. The number of hydrogen-bond acceptors (Lipinski definition) is 7. The van der Waals surface area contributed by atoms with Crippen molar-refractivity contribution in [2.45, 2.75) is 18.7 Å². The summed E-state index contributed by atoms with van der Waals surface area (Å²) < 4.78 is 26.6. The van der Waals surface area contributed by atoms with Gasteiger partial charge in [0.05, 0.1) is 13.2 Å². The van der Waals surface area contributed by atoms with Crippen molar-refractivity contribution in [2.75, 3.05) is 19.5 Å². The second kappa shape index (κ2) is 8.95. The second-order valence-corrected chi connectivity index (χ2v) is 6.29. The van der Waals surface area contributed by atoms with Crippen LogP contribution in [-0.4, -0.2) is 36.3 Å². The SMILES string of the molecule is CCOP(=O)(OCC)O/N=C(\C(=O)O)c1ccc(SC)cc1. The van der Waals surface area contributed by atoms with E-state index in [1.54, 1.807) is 38.1 Å². The summed E-state index contributed by atoms with van der Waals surface area (Å²) in [7, 11) is -3.90. The number of oxime groups is 1. The van der Waals surface area contributed by atoms with Crippen LogP contribution in [0.2, 0.25) is 0 Å². The molecule has 1 N–H and O–H groups in total. The number of hydrogen-bond donors (Lipinski definition) is 1. The van der Waals surface area contributed by atoms with E-state index in [0.29, 0.717) is 5.56 Å². The smallest absolute Gasteiger partial charge is 0.476 e. The maximum absolute atomic E-state index is 12.1. The number of nitrogens with zero attached hydrogens (tertiary/aromatic N) is 1. The highest BCUT2D eigenvalue weighted by atomic mass is 32.2. The van der Waals surface area contributed by atoms with Gasteiger partial charge in [-0.25, -0.2) is 9.36 Å². The van der Waals surface area contributed by atoms with Gasteiger partial charge in [-0.05, 0) is 32.2 Å². The molecule has 0 aliphatic carbocycles. The van der Waals surface area contributed by atoms with Crippen molar-refractivity contribution in [3.05, 3.63) is 29.8 Å². The fourth-order valence-corrected chi connectivity index (χ4v) is 2.85. The minimum atomic E-state index is -3.90. The van der Waals surface area contributed by atoms with Gasteiger partial charge in [0.2, 0.25) is 0 Å². The number of carboxylic acid groups (broad SMARTS) is 1. The molecule has 1 aromatic carbocycles.